The molecule has 2 heteroatoms. The fourth-order valence-corrected chi connectivity index (χ4v) is 1.68. The second kappa shape index (κ2) is 3.23. The molecule has 0 radical (unpaired) electrons. The van der Waals surface area contributed by atoms with Crippen molar-refractivity contribution in [2.75, 3.05) is 0 Å². The van der Waals surface area contributed by atoms with Crippen LogP contribution in [0.15, 0.2) is 0 Å². The Morgan fingerprint density at radius 1 is 1.55 bits per heavy atom. The number of nitrogens with zero attached hydrogens (tertiary/aromatic N) is 1. The normalized spacial score (nSPS) is 38.1. The third-order valence-electron chi connectivity index (χ3n) is 2.72. The maximum Gasteiger partial charge on any atom is 0.151 e. The first-order chi connectivity index (χ1) is 5.20. The van der Waals surface area contributed by atoms with Crippen molar-refractivity contribution < 1.29 is 5.11 Å². The van der Waals surface area contributed by atoms with Crippen LogP contribution < -0.4 is 0 Å². The predicted octanol–water partition coefficient (Wildman–Crippen LogP) is 1.84. The molecule has 0 heterocycles. The van der Waals surface area contributed by atoms with Crippen LogP contribution in [0.1, 0.15) is 39.0 Å². The third kappa shape index (κ3) is 1.94. The Bertz CT molecular complexity index is 163. The first kappa shape index (κ1) is 8.55. The first-order valence-electron chi connectivity index (χ1n) is 4.34. The van der Waals surface area contributed by atoms with E-state index in [0.717, 1.165) is 18.8 Å². The van der Waals surface area contributed by atoms with Crippen LogP contribution in [0, 0.1) is 17.2 Å². The lowest BCUT2D eigenvalue weighted by atomic mass is 9.79. The summed E-state index contributed by atoms with van der Waals surface area (Å²) in [5.41, 5.74) is -0.994. The fraction of sp³-hybridized carbons (Fsp3) is 0.889. The molecular weight excluding hydrogens is 138 g/mol. The van der Waals surface area contributed by atoms with Gasteiger partial charge in [0.25, 0.3) is 0 Å². The molecule has 1 aliphatic rings. The zero-order valence-corrected chi connectivity index (χ0v) is 7.01. The van der Waals surface area contributed by atoms with Crippen LogP contribution >= 0.6 is 0 Å². The summed E-state index contributed by atoms with van der Waals surface area (Å²) in [6.45, 7) is 2.17. The second-order valence-electron chi connectivity index (χ2n) is 3.50. The van der Waals surface area contributed by atoms with Gasteiger partial charge in [0.1, 0.15) is 0 Å². The summed E-state index contributed by atoms with van der Waals surface area (Å²) in [6, 6.07) is 1.98. The largest absolute Gasteiger partial charge is 0.375 e. The minimum atomic E-state index is -0.994. The molecule has 0 aromatic rings. The van der Waals surface area contributed by atoms with Crippen LogP contribution in [0.4, 0.5) is 0 Å². The molecule has 1 aliphatic carbocycles. The minimum absolute atomic E-state index is 0.669. The molecule has 0 aromatic heterocycles. The maximum atomic E-state index is 9.53. The summed E-state index contributed by atoms with van der Waals surface area (Å²) < 4.78 is 0. The maximum absolute atomic E-state index is 9.53. The smallest absolute Gasteiger partial charge is 0.151 e. The van der Waals surface area contributed by atoms with E-state index in [9.17, 15) is 5.11 Å². The van der Waals surface area contributed by atoms with Crippen molar-refractivity contribution in [2.45, 2.75) is 44.6 Å². The van der Waals surface area contributed by atoms with Crippen molar-refractivity contribution in [2.24, 2.45) is 5.92 Å². The first-order valence-corrected chi connectivity index (χ1v) is 4.34. The molecule has 1 rings (SSSR count). The molecular formula is C9H15NO. The fourth-order valence-electron chi connectivity index (χ4n) is 1.68. The number of rotatable bonds is 1. The molecule has 0 bridgehead atoms. The molecule has 0 aliphatic heterocycles. The number of aliphatic hydroxyl groups is 1. The van der Waals surface area contributed by atoms with Crippen molar-refractivity contribution in [3.8, 4) is 6.07 Å². The van der Waals surface area contributed by atoms with Gasteiger partial charge in [-0.2, -0.15) is 5.26 Å². The third-order valence-corrected chi connectivity index (χ3v) is 2.72. The van der Waals surface area contributed by atoms with E-state index in [2.05, 4.69) is 6.92 Å². The average molecular weight is 153 g/mol. The van der Waals surface area contributed by atoms with E-state index in [1.807, 2.05) is 6.07 Å². The van der Waals surface area contributed by atoms with Crippen molar-refractivity contribution in [3.05, 3.63) is 0 Å². The van der Waals surface area contributed by atoms with E-state index < -0.39 is 5.60 Å². The number of hydrogen-bond acceptors (Lipinski definition) is 2. The molecule has 11 heavy (non-hydrogen) atoms. The molecule has 2 nitrogen and oxygen atoms in total. The Labute approximate surface area is 67.8 Å². The van der Waals surface area contributed by atoms with Crippen molar-refractivity contribution >= 4 is 0 Å². The van der Waals surface area contributed by atoms with Crippen LogP contribution in [0.3, 0.4) is 0 Å². The summed E-state index contributed by atoms with van der Waals surface area (Å²) in [6.07, 6.45) is 4.55. The Kier molecular flexibility index (Phi) is 2.51. The Morgan fingerprint density at radius 3 is 2.45 bits per heavy atom. The van der Waals surface area contributed by atoms with Gasteiger partial charge < -0.3 is 5.11 Å². The van der Waals surface area contributed by atoms with E-state index in [1.54, 1.807) is 0 Å². The number of hydrogen-bond donors (Lipinski definition) is 1. The van der Waals surface area contributed by atoms with Gasteiger partial charge in [-0.25, -0.2) is 0 Å². The van der Waals surface area contributed by atoms with E-state index in [0.29, 0.717) is 12.8 Å². The molecule has 62 valence electrons. The molecule has 1 fully saturated rings. The Balaban J connectivity index is 2.43. The number of nitriles is 1. The van der Waals surface area contributed by atoms with Crippen LogP contribution in [-0.2, 0) is 0 Å². The van der Waals surface area contributed by atoms with E-state index in [1.165, 1.54) is 6.42 Å². The van der Waals surface area contributed by atoms with Gasteiger partial charge in [0.15, 0.2) is 5.60 Å². The SMILES string of the molecule is CCC1CCC(O)(C#N)CC1. The van der Waals surface area contributed by atoms with Crippen LogP contribution in [-0.4, -0.2) is 10.7 Å². The molecule has 0 aromatic carbocycles. The van der Waals surface area contributed by atoms with Crippen LogP contribution in [0.5, 0.6) is 0 Å². The highest BCUT2D eigenvalue weighted by Crippen LogP contribution is 2.32. The van der Waals surface area contributed by atoms with Gasteiger partial charge in [-0.05, 0) is 31.6 Å². The van der Waals surface area contributed by atoms with Gasteiger partial charge in [-0.1, -0.05) is 13.3 Å². The van der Waals surface area contributed by atoms with Crippen molar-refractivity contribution in [1.82, 2.24) is 0 Å². The van der Waals surface area contributed by atoms with Crippen LogP contribution in [0.2, 0.25) is 0 Å². The molecule has 0 spiro atoms. The predicted molar refractivity (Wildman–Crippen MR) is 42.8 cm³/mol. The summed E-state index contributed by atoms with van der Waals surface area (Å²) in [5.74, 6) is 0.739. The highest BCUT2D eigenvalue weighted by atomic mass is 16.3. The molecule has 0 saturated heterocycles. The summed E-state index contributed by atoms with van der Waals surface area (Å²) >= 11 is 0. The van der Waals surface area contributed by atoms with E-state index in [4.69, 9.17) is 5.26 Å². The van der Waals surface area contributed by atoms with Gasteiger partial charge >= 0.3 is 0 Å². The molecule has 0 atom stereocenters. The lowest BCUT2D eigenvalue weighted by Gasteiger charge is -2.29. The van der Waals surface area contributed by atoms with Gasteiger partial charge in [0.05, 0.1) is 6.07 Å². The summed E-state index contributed by atoms with van der Waals surface area (Å²) in [5, 5.41) is 18.1. The summed E-state index contributed by atoms with van der Waals surface area (Å²) in [4.78, 5) is 0. The van der Waals surface area contributed by atoms with Gasteiger partial charge in [-0.15, -0.1) is 0 Å². The quantitative estimate of drug-likeness (QED) is 0.584. The van der Waals surface area contributed by atoms with Gasteiger partial charge in [0, 0.05) is 0 Å². The van der Waals surface area contributed by atoms with Crippen molar-refractivity contribution in [3.63, 3.8) is 0 Å². The lowest BCUT2D eigenvalue weighted by Crippen LogP contribution is -2.31. The Morgan fingerprint density at radius 2 is 2.09 bits per heavy atom. The molecule has 1 saturated carbocycles. The minimum Gasteiger partial charge on any atom is -0.375 e. The standard InChI is InChI=1S/C9H15NO/c1-2-8-3-5-9(11,7-10)6-4-8/h8,11H,2-6H2,1H3. The molecule has 0 amide bonds. The Hall–Kier alpha value is -0.550. The van der Waals surface area contributed by atoms with Crippen molar-refractivity contribution in [1.29, 1.82) is 5.26 Å². The zero-order valence-electron chi connectivity index (χ0n) is 7.01. The highest BCUT2D eigenvalue weighted by Gasteiger charge is 2.32. The second-order valence-corrected chi connectivity index (χ2v) is 3.50. The highest BCUT2D eigenvalue weighted by molar-refractivity contribution is 5.02. The topological polar surface area (TPSA) is 44.0 Å². The molecule has 0 unspecified atom stereocenters. The summed E-state index contributed by atoms with van der Waals surface area (Å²) in [7, 11) is 0. The van der Waals surface area contributed by atoms with Gasteiger partial charge in [-0.3, -0.25) is 0 Å². The molecule has 1 N–H and O–H groups in total. The average Bonchev–Trinajstić information content (AvgIpc) is 2.06. The van der Waals surface area contributed by atoms with Gasteiger partial charge in [0.2, 0.25) is 0 Å². The lowest BCUT2D eigenvalue weighted by molar-refractivity contribution is 0.0417. The van der Waals surface area contributed by atoms with E-state index in [-0.39, 0.29) is 0 Å². The zero-order chi connectivity index (χ0) is 8.32. The monoisotopic (exact) mass is 153 g/mol. The van der Waals surface area contributed by atoms with E-state index >= 15 is 0 Å². The van der Waals surface area contributed by atoms with Crippen LogP contribution in [0.25, 0.3) is 0 Å².